The minimum atomic E-state index is -0.436. The lowest BCUT2D eigenvalue weighted by atomic mass is 9.92. The molecule has 0 amide bonds. The van der Waals surface area contributed by atoms with E-state index in [4.69, 9.17) is 9.47 Å². The summed E-state index contributed by atoms with van der Waals surface area (Å²) in [5, 5.41) is 19.6. The maximum atomic E-state index is 10.1. The van der Waals surface area contributed by atoms with Crippen LogP contribution in [-0.4, -0.2) is 41.7 Å². The minimum absolute atomic E-state index is 0.0611. The second-order valence-corrected chi connectivity index (χ2v) is 8.39. The molecule has 0 unspecified atom stereocenters. The molecule has 4 heteroatoms. The molecule has 4 atom stereocenters. The molecule has 0 spiro atoms. The van der Waals surface area contributed by atoms with Gasteiger partial charge in [-0.1, -0.05) is 42.2 Å². The van der Waals surface area contributed by atoms with Crippen molar-refractivity contribution in [3.8, 4) is 11.8 Å². The fraction of sp³-hybridized carbons (Fsp3) is 0.462. The third-order valence-corrected chi connectivity index (χ3v) is 5.98. The molecular weight excluding hydrogens is 376 g/mol. The maximum absolute atomic E-state index is 10.1. The van der Waals surface area contributed by atoms with Crippen LogP contribution < -0.4 is 0 Å². The summed E-state index contributed by atoms with van der Waals surface area (Å²) in [5.74, 6) is 6.43. The molecule has 2 aliphatic rings. The van der Waals surface area contributed by atoms with E-state index < -0.39 is 6.10 Å². The summed E-state index contributed by atoms with van der Waals surface area (Å²) in [7, 11) is 0. The van der Waals surface area contributed by atoms with Crippen LogP contribution in [0.3, 0.4) is 0 Å². The van der Waals surface area contributed by atoms with Gasteiger partial charge in [0.1, 0.15) is 6.10 Å². The van der Waals surface area contributed by atoms with Gasteiger partial charge in [-0.25, -0.2) is 0 Å². The molecule has 158 valence electrons. The molecule has 2 fully saturated rings. The van der Waals surface area contributed by atoms with E-state index in [1.807, 2.05) is 0 Å². The molecular formula is C26H30O4. The van der Waals surface area contributed by atoms with Crippen molar-refractivity contribution in [1.29, 1.82) is 0 Å². The highest BCUT2D eigenvalue weighted by atomic mass is 16.5. The first-order chi connectivity index (χ1) is 14.6. The van der Waals surface area contributed by atoms with E-state index in [-0.39, 0.29) is 24.9 Å². The van der Waals surface area contributed by atoms with Crippen LogP contribution in [0.2, 0.25) is 0 Å². The number of ether oxygens (including phenoxy) is 2. The summed E-state index contributed by atoms with van der Waals surface area (Å²) in [6.45, 7) is 2.88. The zero-order valence-electron chi connectivity index (χ0n) is 17.5. The van der Waals surface area contributed by atoms with Gasteiger partial charge < -0.3 is 19.7 Å². The van der Waals surface area contributed by atoms with E-state index >= 15 is 0 Å². The van der Waals surface area contributed by atoms with Gasteiger partial charge in [0, 0.05) is 25.0 Å². The van der Waals surface area contributed by atoms with Gasteiger partial charge in [0.15, 0.2) is 0 Å². The Bertz CT molecular complexity index is 903. The van der Waals surface area contributed by atoms with Crippen LogP contribution in [0.25, 0.3) is 0 Å². The molecule has 0 bridgehead atoms. The van der Waals surface area contributed by atoms with E-state index in [0.717, 1.165) is 37.0 Å². The molecule has 2 N–H and O–H groups in total. The Labute approximate surface area is 178 Å². The van der Waals surface area contributed by atoms with Crippen LogP contribution in [-0.2, 0) is 15.9 Å². The normalized spacial score (nSPS) is 26.2. The molecule has 0 radical (unpaired) electrons. The van der Waals surface area contributed by atoms with Crippen molar-refractivity contribution in [3.63, 3.8) is 0 Å². The Hall–Kier alpha value is -2.16. The quantitative estimate of drug-likeness (QED) is 0.761. The lowest BCUT2D eigenvalue weighted by Gasteiger charge is -2.32. The predicted molar refractivity (Wildman–Crippen MR) is 116 cm³/mol. The van der Waals surface area contributed by atoms with Crippen molar-refractivity contribution in [2.45, 2.75) is 63.4 Å². The second-order valence-electron chi connectivity index (χ2n) is 8.39. The molecule has 2 aliphatic heterocycles. The van der Waals surface area contributed by atoms with Crippen molar-refractivity contribution < 1.29 is 19.7 Å². The van der Waals surface area contributed by atoms with Gasteiger partial charge in [0.2, 0.25) is 0 Å². The van der Waals surface area contributed by atoms with Crippen LogP contribution in [0, 0.1) is 18.8 Å². The number of hydrogen-bond donors (Lipinski definition) is 2. The highest BCUT2D eigenvalue weighted by Crippen LogP contribution is 2.32. The molecule has 4 nitrogen and oxygen atoms in total. The SMILES string of the molecule is Cc1ccc([C@H]2C[C@@H](O)C[C@@H](CO)O2)cc1Cc1ccc(C#C[C@@H]2CCCO2)cc1. The summed E-state index contributed by atoms with van der Waals surface area (Å²) in [6, 6.07) is 14.8. The van der Waals surface area contributed by atoms with Crippen LogP contribution in [0.5, 0.6) is 0 Å². The fourth-order valence-electron chi connectivity index (χ4n) is 4.19. The van der Waals surface area contributed by atoms with Crippen LogP contribution in [0.4, 0.5) is 0 Å². The smallest absolute Gasteiger partial charge is 0.118 e. The molecule has 4 rings (SSSR count). The van der Waals surface area contributed by atoms with Crippen molar-refractivity contribution in [2.75, 3.05) is 13.2 Å². The van der Waals surface area contributed by atoms with Crippen molar-refractivity contribution in [3.05, 3.63) is 70.3 Å². The van der Waals surface area contributed by atoms with E-state index in [2.05, 4.69) is 61.2 Å². The van der Waals surface area contributed by atoms with Crippen LogP contribution >= 0.6 is 0 Å². The largest absolute Gasteiger partial charge is 0.394 e. The highest BCUT2D eigenvalue weighted by molar-refractivity contribution is 5.40. The highest BCUT2D eigenvalue weighted by Gasteiger charge is 2.29. The van der Waals surface area contributed by atoms with Crippen LogP contribution in [0.15, 0.2) is 42.5 Å². The molecule has 2 aromatic carbocycles. The van der Waals surface area contributed by atoms with Crippen LogP contribution in [0.1, 0.15) is 59.6 Å². The first-order valence-electron chi connectivity index (χ1n) is 10.9. The topological polar surface area (TPSA) is 58.9 Å². The Morgan fingerprint density at radius 1 is 1.10 bits per heavy atom. The summed E-state index contributed by atoms with van der Waals surface area (Å²) >= 11 is 0. The van der Waals surface area contributed by atoms with Crippen molar-refractivity contribution in [1.82, 2.24) is 0 Å². The average molecular weight is 407 g/mol. The molecule has 0 aliphatic carbocycles. The zero-order valence-corrected chi connectivity index (χ0v) is 17.5. The number of benzene rings is 2. The number of hydrogen-bond acceptors (Lipinski definition) is 4. The van der Waals surface area contributed by atoms with Gasteiger partial charge in [-0.05, 0) is 60.6 Å². The first kappa shape index (κ1) is 21.1. The lowest BCUT2D eigenvalue weighted by molar-refractivity contribution is -0.113. The molecule has 30 heavy (non-hydrogen) atoms. The minimum Gasteiger partial charge on any atom is -0.394 e. The van der Waals surface area contributed by atoms with E-state index in [0.29, 0.717) is 12.8 Å². The zero-order chi connectivity index (χ0) is 20.9. The van der Waals surface area contributed by atoms with Gasteiger partial charge in [-0.2, -0.15) is 0 Å². The molecule has 0 aromatic heterocycles. The Balaban J connectivity index is 1.45. The first-order valence-corrected chi connectivity index (χ1v) is 10.9. The van der Waals surface area contributed by atoms with Gasteiger partial charge in [-0.3, -0.25) is 0 Å². The van der Waals surface area contributed by atoms with E-state index in [1.165, 1.54) is 16.7 Å². The Morgan fingerprint density at radius 2 is 1.93 bits per heavy atom. The number of rotatable bonds is 4. The molecule has 2 heterocycles. The van der Waals surface area contributed by atoms with Gasteiger partial charge in [0.25, 0.3) is 0 Å². The summed E-state index contributed by atoms with van der Waals surface area (Å²) in [6.07, 6.45) is 3.19. The van der Waals surface area contributed by atoms with E-state index in [9.17, 15) is 10.2 Å². The van der Waals surface area contributed by atoms with Crippen molar-refractivity contribution in [2.24, 2.45) is 0 Å². The standard InChI is InChI=1S/C26H30O4/c1-18-4-10-21(26-16-23(28)15-25(17-27)30-26)14-22(18)13-20-7-5-19(6-8-20)9-11-24-3-2-12-29-24/h4-8,10,14,23-28H,2-3,12-13,15-17H2,1H3/t23-,24-,25-,26+/m0/s1. The molecule has 2 aromatic rings. The van der Waals surface area contributed by atoms with Gasteiger partial charge in [0.05, 0.1) is 24.9 Å². The number of aliphatic hydroxyl groups is 2. The lowest BCUT2D eigenvalue weighted by Crippen LogP contribution is -2.33. The fourth-order valence-corrected chi connectivity index (χ4v) is 4.19. The third-order valence-electron chi connectivity index (χ3n) is 5.98. The summed E-state index contributed by atoms with van der Waals surface area (Å²) < 4.78 is 11.5. The average Bonchev–Trinajstić information content (AvgIpc) is 3.28. The maximum Gasteiger partial charge on any atom is 0.118 e. The van der Waals surface area contributed by atoms with Gasteiger partial charge >= 0.3 is 0 Å². The summed E-state index contributed by atoms with van der Waals surface area (Å²) in [5.41, 5.74) is 5.79. The third kappa shape index (κ3) is 5.30. The Kier molecular flexibility index (Phi) is 6.86. The predicted octanol–water partition coefficient (Wildman–Crippen LogP) is 3.69. The second kappa shape index (κ2) is 9.76. The van der Waals surface area contributed by atoms with Gasteiger partial charge in [-0.15, -0.1) is 0 Å². The molecule has 0 saturated carbocycles. The van der Waals surface area contributed by atoms with E-state index in [1.54, 1.807) is 0 Å². The molecule has 2 saturated heterocycles. The monoisotopic (exact) mass is 406 g/mol. The van der Waals surface area contributed by atoms with Crippen molar-refractivity contribution >= 4 is 0 Å². The summed E-state index contributed by atoms with van der Waals surface area (Å²) in [4.78, 5) is 0. The Morgan fingerprint density at radius 3 is 2.67 bits per heavy atom. The number of aliphatic hydroxyl groups excluding tert-OH is 2. The number of aryl methyl sites for hydroxylation is 1.